The molecule has 1 unspecified atom stereocenters. The number of thioether (sulfide) groups is 1. The molecule has 8 heavy (non-hydrogen) atoms. The van der Waals surface area contributed by atoms with Crippen molar-refractivity contribution in [2.24, 2.45) is 5.18 Å². The van der Waals surface area contributed by atoms with E-state index < -0.39 is 5.50 Å². The van der Waals surface area contributed by atoms with E-state index in [1.807, 2.05) is 0 Å². The summed E-state index contributed by atoms with van der Waals surface area (Å²) in [6, 6.07) is 0. The zero-order valence-corrected chi connectivity index (χ0v) is 4.93. The quantitative estimate of drug-likeness (QED) is 0.388. The summed E-state index contributed by atoms with van der Waals surface area (Å²) >= 11 is 1.28. The van der Waals surface area contributed by atoms with E-state index >= 15 is 0 Å². The van der Waals surface area contributed by atoms with Gasteiger partial charge in [-0.3, -0.25) is 0 Å². The first-order chi connectivity index (χ1) is 3.84. The third-order valence-electron chi connectivity index (χ3n) is 0.915. The predicted molar refractivity (Wildman–Crippen MR) is 30.5 cm³/mol. The SMILES string of the molecule is O=NC1SCC[N+]1=O. The van der Waals surface area contributed by atoms with Crippen molar-refractivity contribution in [3.63, 3.8) is 0 Å². The van der Waals surface area contributed by atoms with Crippen LogP contribution < -0.4 is 0 Å². The Balaban J connectivity index is 2.54. The molecule has 1 fully saturated rings. The summed E-state index contributed by atoms with van der Waals surface area (Å²) in [5.74, 6) is 0.722. The normalized spacial score (nSPS) is 28.5. The summed E-state index contributed by atoms with van der Waals surface area (Å²) in [6.45, 7) is 0.432. The lowest BCUT2D eigenvalue weighted by atomic mass is 10.7. The highest BCUT2D eigenvalue weighted by atomic mass is 32.2. The molecule has 1 saturated heterocycles. The fourth-order valence-corrected chi connectivity index (χ4v) is 1.35. The summed E-state index contributed by atoms with van der Waals surface area (Å²) in [5, 5.41) is 2.59. The molecule has 1 heterocycles. The molecule has 1 aliphatic heterocycles. The van der Waals surface area contributed by atoms with Gasteiger partial charge in [-0.25, -0.2) is 0 Å². The van der Waals surface area contributed by atoms with E-state index in [0.29, 0.717) is 11.3 Å². The second-order valence-electron chi connectivity index (χ2n) is 1.44. The first kappa shape index (κ1) is 5.68. The third-order valence-corrected chi connectivity index (χ3v) is 1.95. The summed E-state index contributed by atoms with van der Waals surface area (Å²) in [6.07, 6.45) is 0. The topological polar surface area (TPSA) is 49.5 Å². The number of nitrogens with zero attached hydrogens (tertiary/aromatic N) is 2. The van der Waals surface area contributed by atoms with E-state index in [0.717, 1.165) is 5.75 Å². The fraction of sp³-hybridized carbons (Fsp3) is 1.00. The van der Waals surface area contributed by atoms with Crippen LogP contribution >= 0.6 is 11.8 Å². The smallest absolute Gasteiger partial charge is 0.143 e. The van der Waals surface area contributed by atoms with Gasteiger partial charge >= 0.3 is 5.50 Å². The minimum atomic E-state index is -0.671. The second kappa shape index (κ2) is 2.21. The molecule has 0 bridgehead atoms. The van der Waals surface area contributed by atoms with Gasteiger partial charge < -0.3 is 0 Å². The Labute approximate surface area is 50.2 Å². The zero-order valence-electron chi connectivity index (χ0n) is 4.11. The molecule has 44 valence electrons. The molecule has 1 aliphatic rings. The van der Waals surface area contributed by atoms with Crippen molar-refractivity contribution in [1.29, 1.82) is 0 Å². The van der Waals surface area contributed by atoms with Crippen molar-refractivity contribution in [3.8, 4) is 0 Å². The second-order valence-corrected chi connectivity index (χ2v) is 2.61. The average Bonchev–Trinajstić information content (AvgIpc) is 2.14. The molecule has 1 atom stereocenters. The maximum Gasteiger partial charge on any atom is 0.376 e. The van der Waals surface area contributed by atoms with Gasteiger partial charge in [0.1, 0.15) is 0 Å². The molecule has 0 amide bonds. The van der Waals surface area contributed by atoms with Gasteiger partial charge in [-0.2, -0.15) is 0 Å². The molecule has 0 radical (unpaired) electrons. The van der Waals surface area contributed by atoms with Gasteiger partial charge in [-0.15, -0.1) is 4.91 Å². The Kier molecular flexibility index (Phi) is 1.57. The molecule has 0 spiro atoms. The van der Waals surface area contributed by atoms with Gasteiger partial charge in [0.05, 0.1) is 5.75 Å². The van der Waals surface area contributed by atoms with Crippen LogP contribution in [-0.2, 0) is 0 Å². The van der Waals surface area contributed by atoms with Crippen LogP contribution in [0.4, 0.5) is 0 Å². The van der Waals surface area contributed by atoms with E-state index in [2.05, 4.69) is 5.18 Å². The van der Waals surface area contributed by atoms with Crippen LogP contribution in [0, 0.1) is 9.81 Å². The van der Waals surface area contributed by atoms with Crippen molar-refractivity contribution >= 4 is 11.8 Å². The van der Waals surface area contributed by atoms with Gasteiger partial charge in [-0.1, -0.05) is 0 Å². The zero-order chi connectivity index (χ0) is 5.98. The number of hydrogen-bond donors (Lipinski definition) is 0. The van der Waals surface area contributed by atoms with Crippen LogP contribution in [0.2, 0.25) is 0 Å². The molecule has 0 aromatic rings. The van der Waals surface area contributed by atoms with Crippen LogP contribution in [0.25, 0.3) is 0 Å². The highest BCUT2D eigenvalue weighted by Crippen LogP contribution is 2.18. The van der Waals surface area contributed by atoms with E-state index in [-0.39, 0.29) is 0 Å². The van der Waals surface area contributed by atoms with Crippen molar-refractivity contribution in [3.05, 3.63) is 9.81 Å². The first-order valence-electron chi connectivity index (χ1n) is 2.22. The molecule has 1 rings (SSSR count). The number of rotatable bonds is 1. The van der Waals surface area contributed by atoms with Gasteiger partial charge in [0.15, 0.2) is 0 Å². The van der Waals surface area contributed by atoms with Crippen LogP contribution in [0.3, 0.4) is 0 Å². The molecule has 0 aliphatic carbocycles. The van der Waals surface area contributed by atoms with Crippen LogP contribution in [0.1, 0.15) is 0 Å². The summed E-state index contributed by atoms with van der Waals surface area (Å²) in [4.78, 5) is 20.1. The largest absolute Gasteiger partial charge is 0.376 e. The highest BCUT2D eigenvalue weighted by molar-refractivity contribution is 7.99. The Morgan fingerprint density at radius 1 is 1.75 bits per heavy atom. The van der Waals surface area contributed by atoms with Crippen LogP contribution in [-0.4, -0.2) is 22.6 Å². The Morgan fingerprint density at radius 2 is 2.50 bits per heavy atom. The molecule has 0 aromatic heterocycles. The number of hydrogen-bond acceptors (Lipinski definition) is 4. The molecule has 0 saturated carbocycles. The van der Waals surface area contributed by atoms with E-state index in [1.165, 1.54) is 11.8 Å². The fourth-order valence-electron chi connectivity index (χ4n) is 0.525. The van der Waals surface area contributed by atoms with Crippen LogP contribution in [0.5, 0.6) is 0 Å². The summed E-state index contributed by atoms with van der Waals surface area (Å²) < 4.78 is 0.692. The lowest BCUT2D eigenvalue weighted by molar-refractivity contribution is -0.549. The monoisotopic (exact) mass is 133 g/mol. The Bertz CT molecular complexity index is 126. The van der Waals surface area contributed by atoms with Crippen LogP contribution in [0.15, 0.2) is 5.18 Å². The molecular weight excluding hydrogens is 128 g/mol. The first-order valence-corrected chi connectivity index (χ1v) is 3.27. The van der Waals surface area contributed by atoms with Gasteiger partial charge in [0.25, 0.3) is 0 Å². The third kappa shape index (κ3) is 0.861. The van der Waals surface area contributed by atoms with Crippen molar-refractivity contribution in [2.75, 3.05) is 12.3 Å². The molecule has 4 nitrogen and oxygen atoms in total. The summed E-state index contributed by atoms with van der Waals surface area (Å²) in [5.41, 5.74) is -0.671. The lowest BCUT2D eigenvalue weighted by Crippen LogP contribution is -2.10. The Morgan fingerprint density at radius 3 is 2.75 bits per heavy atom. The minimum absolute atomic E-state index is 0.432. The number of nitroso groups, excluding NO2 is 2. The molecule has 0 N–H and O–H groups in total. The molecular formula is C3H5N2O2S+. The summed E-state index contributed by atoms with van der Waals surface area (Å²) in [7, 11) is 0. The minimum Gasteiger partial charge on any atom is -0.143 e. The van der Waals surface area contributed by atoms with E-state index in [9.17, 15) is 9.81 Å². The maximum absolute atomic E-state index is 10.4. The van der Waals surface area contributed by atoms with E-state index in [4.69, 9.17) is 0 Å². The Hall–Kier alpha value is -0.450. The lowest BCUT2D eigenvalue weighted by Gasteiger charge is -1.80. The van der Waals surface area contributed by atoms with Crippen molar-refractivity contribution < 1.29 is 4.76 Å². The van der Waals surface area contributed by atoms with Gasteiger partial charge in [-0.05, 0) is 11.8 Å². The van der Waals surface area contributed by atoms with E-state index in [1.54, 1.807) is 0 Å². The van der Waals surface area contributed by atoms with Gasteiger partial charge in [0.2, 0.25) is 6.54 Å². The predicted octanol–water partition coefficient (Wildman–Crippen LogP) is 0.562. The standard InChI is InChI=1S/C3H5N2O2S/c6-4-3-5(7)1-2-8-3/h3H,1-2H2/q+1. The van der Waals surface area contributed by atoms with Crippen molar-refractivity contribution in [2.45, 2.75) is 5.50 Å². The molecule has 5 heteroatoms. The molecule has 0 aromatic carbocycles. The highest BCUT2D eigenvalue weighted by Gasteiger charge is 2.33. The van der Waals surface area contributed by atoms with Gasteiger partial charge in [0, 0.05) is 14.8 Å². The maximum atomic E-state index is 10.4. The van der Waals surface area contributed by atoms with Crippen molar-refractivity contribution in [1.82, 2.24) is 0 Å². The average molecular weight is 133 g/mol.